The van der Waals surface area contributed by atoms with Crippen molar-refractivity contribution in [2.24, 2.45) is 15.8 Å². The quantitative estimate of drug-likeness (QED) is 0.615. The van der Waals surface area contributed by atoms with Crippen LogP contribution in [0.1, 0.15) is 6.42 Å². The summed E-state index contributed by atoms with van der Waals surface area (Å²) in [4.78, 5) is 4.42. The lowest BCUT2D eigenvalue weighted by Crippen LogP contribution is -2.35. The van der Waals surface area contributed by atoms with Crippen LogP contribution in [0.25, 0.3) is 0 Å². The van der Waals surface area contributed by atoms with Crippen LogP contribution in [0, 0.1) is 10.8 Å². The molecule has 3 rings (SSSR count). The maximum atomic E-state index is 4.42. The Balaban J connectivity index is 0.000000422. The van der Waals surface area contributed by atoms with E-state index < -0.39 is 0 Å². The van der Waals surface area contributed by atoms with Crippen LogP contribution in [0.4, 0.5) is 0 Å². The topological polar surface area (TPSA) is 24.4 Å². The molecule has 4 heteroatoms. The standard InChI is InChI=1S/C9H12N2.2ClH/c1-2-8-4-10-6-9(8,3-1)7-11-5-8;;/h1-2,6,11H,3-5,7H2;2*1H. The molecule has 1 N–H and O–H groups in total. The van der Waals surface area contributed by atoms with E-state index in [9.17, 15) is 0 Å². The summed E-state index contributed by atoms with van der Waals surface area (Å²) >= 11 is 0. The van der Waals surface area contributed by atoms with E-state index >= 15 is 0 Å². The molecule has 2 atom stereocenters. The van der Waals surface area contributed by atoms with Gasteiger partial charge in [-0.3, -0.25) is 4.99 Å². The largest absolute Gasteiger partial charge is 0.315 e. The van der Waals surface area contributed by atoms with Crippen molar-refractivity contribution in [3.8, 4) is 0 Å². The van der Waals surface area contributed by atoms with E-state index in [1.807, 2.05) is 0 Å². The molecule has 0 spiro atoms. The lowest BCUT2D eigenvalue weighted by Gasteiger charge is -2.29. The molecule has 2 nitrogen and oxygen atoms in total. The zero-order valence-electron chi connectivity index (χ0n) is 7.32. The van der Waals surface area contributed by atoms with Gasteiger partial charge in [-0.15, -0.1) is 24.8 Å². The summed E-state index contributed by atoms with van der Waals surface area (Å²) in [6.07, 6.45) is 8.09. The van der Waals surface area contributed by atoms with Crippen molar-refractivity contribution in [2.75, 3.05) is 19.6 Å². The van der Waals surface area contributed by atoms with Crippen molar-refractivity contribution < 1.29 is 0 Å². The van der Waals surface area contributed by atoms with E-state index in [0.29, 0.717) is 10.8 Å². The van der Waals surface area contributed by atoms with E-state index in [2.05, 4.69) is 28.7 Å². The molecule has 0 radical (unpaired) electrons. The van der Waals surface area contributed by atoms with Crippen molar-refractivity contribution in [1.29, 1.82) is 0 Å². The van der Waals surface area contributed by atoms with Crippen LogP contribution in [0.15, 0.2) is 17.1 Å². The molecular formula is C9H14Cl2N2. The van der Waals surface area contributed by atoms with Crippen LogP contribution < -0.4 is 5.32 Å². The second-order valence-electron chi connectivity index (χ2n) is 3.99. The van der Waals surface area contributed by atoms with Gasteiger partial charge in [-0.2, -0.15) is 0 Å². The number of halogens is 2. The van der Waals surface area contributed by atoms with Gasteiger partial charge in [0.2, 0.25) is 0 Å². The van der Waals surface area contributed by atoms with Gasteiger partial charge in [0.1, 0.15) is 0 Å². The fourth-order valence-corrected chi connectivity index (χ4v) is 2.73. The van der Waals surface area contributed by atoms with Crippen LogP contribution in [0.2, 0.25) is 0 Å². The molecule has 13 heavy (non-hydrogen) atoms. The first-order valence-electron chi connectivity index (χ1n) is 4.26. The molecule has 1 fully saturated rings. The molecule has 0 bridgehead atoms. The van der Waals surface area contributed by atoms with Crippen molar-refractivity contribution in [3.63, 3.8) is 0 Å². The Hall–Kier alpha value is -0.0500. The zero-order valence-corrected chi connectivity index (χ0v) is 8.96. The Bertz CT molecular complexity index is 238. The summed E-state index contributed by atoms with van der Waals surface area (Å²) in [5.41, 5.74) is 0.764. The highest BCUT2D eigenvalue weighted by Gasteiger charge is 2.56. The summed E-state index contributed by atoms with van der Waals surface area (Å²) in [7, 11) is 0. The maximum Gasteiger partial charge on any atom is 0.0498 e. The summed E-state index contributed by atoms with van der Waals surface area (Å²) in [5, 5.41) is 3.47. The summed E-state index contributed by atoms with van der Waals surface area (Å²) in [6.45, 7) is 3.27. The first-order valence-corrected chi connectivity index (χ1v) is 4.26. The summed E-state index contributed by atoms with van der Waals surface area (Å²) < 4.78 is 0. The van der Waals surface area contributed by atoms with Crippen molar-refractivity contribution in [3.05, 3.63) is 12.2 Å². The van der Waals surface area contributed by atoms with Crippen LogP contribution in [-0.4, -0.2) is 25.8 Å². The zero-order chi connectivity index (χ0) is 7.36. The molecule has 1 saturated heterocycles. The average molecular weight is 221 g/mol. The molecule has 0 aromatic rings. The third-order valence-electron chi connectivity index (χ3n) is 3.50. The SMILES string of the molecule is C1=CC23CN=CC2(C1)CNC3.Cl.Cl. The molecule has 0 amide bonds. The average Bonchev–Trinajstić information content (AvgIpc) is 2.40. The lowest BCUT2D eigenvalue weighted by atomic mass is 9.70. The van der Waals surface area contributed by atoms with Gasteiger partial charge in [-0.25, -0.2) is 0 Å². The Morgan fingerprint density at radius 1 is 1.15 bits per heavy atom. The minimum Gasteiger partial charge on any atom is -0.315 e. The van der Waals surface area contributed by atoms with Gasteiger partial charge in [0.05, 0.1) is 0 Å². The third kappa shape index (κ3) is 1.09. The number of rotatable bonds is 0. The van der Waals surface area contributed by atoms with Crippen molar-refractivity contribution in [2.45, 2.75) is 6.42 Å². The third-order valence-corrected chi connectivity index (χ3v) is 3.50. The predicted octanol–water partition coefficient (Wildman–Crippen LogP) is 1.45. The van der Waals surface area contributed by atoms with E-state index in [4.69, 9.17) is 0 Å². The van der Waals surface area contributed by atoms with Crippen LogP contribution in [-0.2, 0) is 0 Å². The highest BCUT2D eigenvalue weighted by molar-refractivity contribution is 5.85. The van der Waals surface area contributed by atoms with Gasteiger partial charge in [0.25, 0.3) is 0 Å². The number of hydrogen-bond acceptors (Lipinski definition) is 2. The molecule has 0 aromatic heterocycles. The van der Waals surface area contributed by atoms with Gasteiger partial charge in [-0.1, -0.05) is 12.2 Å². The summed E-state index contributed by atoms with van der Waals surface area (Å²) in [6, 6.07) is 0. The first kappa shape index (κ1) is 11.0. The Labute approximate surface area is 90.7 Å². The van der Waals surface area contributed by atoms with E-state index in [1.54, 1.807) is 0 Å². The molecule has 0 saturated carbocycles. The fourth-order valence-electron chi connectivity index (χ4n) is 2.73. The molecule has 3 aliphatic rings. The number of nitrogens with one attached hydrogen (secondary N) is 1. The summed E-state index contributed by atoms with van der Waals surface area (Å²) in [5.74, 6) is 0. The van der Waals surface area contributed by atoms with Crippen LogP contribution in [0.3, 0.4) is 0 Å². The van der Waals surface area contributed by atoms with Gasteiger partial charge >= 0.3 is 0 Å². The van der Waals surface area contributed by atoms with Gasteiger partial charge in [0, 0.05) is 36.7 Å². The second kappa shape index (κ2) is 3.26. The number of allylic oxidation sites excluding steroid dienone is 1. The number of hydrogen-bond donors (Lipinski definition) is 1. The van der Waals surface area contributed by atoms with Gasteiger partial charge in [0.15, 0.2) is 0 Å². The molecule has 2 heterocycles. The molecule has 0 aromatic carbocycles. The highest BCUT2D eigenvalue weighted by Crippen LogP contribution is 2.52. The monoisotopic (exact) mass is 220 g/mol. The second-order valence-corrected chi connectivity index (χ2v) is 3.99. The minimum absolute atomic E-state index is 0. The van der Waals surface area contributed by atoms with Crippen LogP contribution in [0.5, 0.6) is 0 Å². The molecular weight excluding hydrogens is 207 g/mol. The van der Waals surface area contributed by atoms with E-state index in [0.717, 1.165) is 19.6 Å². The highest BCUT2D eigenvalue weighted by atomic mass is 35.5. The van der Waals surface area contributed by atoms with E-state index in [-0.39, 0.29) is 24.8 Å². The first-order chi connectivity index (χ1) is 5.37. The lowest BCUT2D eigenvalue weighted by molar-refractivity contribution is 0.302. The Morgan fingerprint density at radius 2 is 1.92 bits per heavy atom. The number of nitrogens with zero attached hydrogens (tertiary/aromatic N) is 1. The predicted molar refractivity (Wildman–Crippen MR) is 59.3 cm³/mol. The van der Waals surface area contributed by atoms with Crippen molar-refractivity contribution >= 4 is 31.0 Å². The molecule has 1 aliphatic carbocycles. The molecule has 74 valence electrons. The Kier molecular flexibility index (Phi) is 2.77. The number of aliphatic imine (C=N–C) groups is 1. The minimum atomic E-state index is 0. The Morgan fingerprint density at radius 3 is 2.69 bits per heavy atom. The fraction of sp³-hybridized carbons (Fsp3) is 0.667. The molecule has 2 aliphatic heterocycles. The maximum absolute atomic E-state index is 4.42. The van der Waals surface area contributed by atoms with Gasteiger partial charge in [-0.05, 0) is 6.42 Å². The van der Waals surface area contributed by atoms with E-state index in [1.165, 1.54) is 6.42 Å². The van der Waals surface area contributed by atoms with Gasteiger partial charge < -0.3 is 5.32 Å². The van der Waals surface area contributed by atoms with Crippen LogP contribution >= 0.6 is 24.8 Å². The van der Waals surface area contributed by atoms with Crippen molar-refractivity contribution in [1.82, 2.24) is 5.32 Å². The smallest absolute Gasteiger partial charge is 0.0498 e. The molecule has 2 unspecified atom stereocenters. The normalized spacial score (nSPS) is 43.7.